The highest BCUT2D eigenvalue weighted by Gasteiger charge is 2.30. The van der Waals surface area contributed by atoms with Crippen LogP contribution in [0, 0.1) is 5.41 Å². The topological polar surface area (TPSA) is 38.0 Å². The summed E-state index contributed by atoms with van der Waals surface area (Å²) in [6.45, 7) is 6.32. The molecule has 0 heterocycles. The van der Waals surface area contributed by atoms with Gasteiger partial charge in [0.1, 0.15) is 0 Å². The molecule has 5 heteroatoms. The minimum absolute atomic E-state index is 0.153. The van der Waals surface area contributed by atoms with Gasteiger partial charge in [-0.3, -0.25) is 0 Å². The minimum Gasteiger partial charge on any atom is -0.330 e. The van der Waals surface area contributed by atoms with Crippen molar-refractivity contribution in [3.63, 3.8) is 0 Å². The number of nitrogens with two attached hydrogens (primary N) is 1. The van der Waals surface area contributed by atoms with Crippen LogP contribution in [-0.2, 0) is 0 Å². The van der Waals surface area contributed by atoms with Gasteiger partial charge in [-0.05, 0) is 18.9 Å². The van der Waals surface area contributed by atoms with E-state index in [9.17, 15) is 13.2 Å². The molecule has 2 nitrogen and oxygen atoms in total. The molecule has 14 heavy (non-hydrogen) atoms. The molecule has 3 N–H and O–H groups in total. The highest BCUT2D eigenvalue weighted by molar-refractivity contribution is 4.75. The van der Waals surface area contributed by atoms with Gasteiger partial charge in [0, 0.05) is 12.6 Å². The van der Waals surface area contributed by atoms with Crippen LogP contribution in [0.25, 0.3) is 0 Å². The van der Waals surface area contributed by atoms with Crippen molar-refractivity contribution in [2.45, 2.75) is 39.4 Å². The van der Waals surface area contributed by atoms with Gasteiger partial charge in [0.2, 0.25) is 0 Å². The van der Waals surface area contributed by atoms with Crippen LogP contribution in [0.1, 0.15) is 27.2 Å². The Morgan fingerprint density at radius 3 is 2.14 bits per heavy atom. The van der Waals surface area contributed by atoms with Crippen molar-refractivity contribution in [1.29, 1.82) is 0 Å². The molecule has 1 atom stereocenters. The third-order valence-electron chi connectivity index (χ3n) is 2.02. The number of hydrogen-bond donors (Lipinski definition) is 2. The van der Waals surface area contributed by atoms with Crippen LogP contribution < -0.4 is 11.1 Å². The Bertz CT molecular complexity index is 166. The normalized spacial score (nSPS) is 15.6. The fraction of sp³-hybridized carbons (Fsp3) is 1.00. The third kappa shape index (κ3) is 7.15. The van der Waals surface area contributed by atoms with Gasteiger partial charge in [-0.2, -0.15) is 13.2 Å². The first kappa shape index (κ1) is 13.7. The molecule has 0 aromatic heterocycles. The van der Waals surface area contributed by atoms with E-state index in [-0.39, 0.29) is 5.41 Å². The lowest BCUT2D eigenvalue weighted by Gasteiger charge is -2.25. The first-order chi connectivity index (χ1) is 6.16. The quantitative estimate of drug-likeness (QED) is 0.730. The number of rotatable bonds is 5. The summed E-state index contributed by atoms with van der Waals surface area (Å²) in [5.74, 6) is 0. The van der Waals surface area contributed by atoms with E-state index in [4.69, 9.17) is 5.73 Å². The predicted molar refractivity (Wildman–Crippen MR) is 51.0 cm³/mol. The molecule has 0 fully saturated rings. The van der Waals surface area contributed by atoms with Crippen molar-refractivity contribution >= 4 is 0 Å². The van der Waals surface area contributed by atoms with Gasteiger partial charge in [-0.1, -0.05) is 13.8 Å². The SMILES string of the molecule is CC(CC(F)(F)F)NCC(C)(C)CN. The van der Waals surface area contributed by atoms with E-state index in [1.165, 1.54) is 6.92 Å². The number of hydrogen-bond acceptors (Lipinski definition) is 2. The Morgan fingerprint density at radius 2 is 1.79 bits per heavy atom. The second kappa shape index (κ2) is 4.98. The lowest BCUT2D eigenvalue weighted by atomic mass is 9.93. The summed E-state index contributed by atoms with van der Waals surface area (Å²) in [6.07, 6.45) is -4.90. The van der Waals surface area contributed by atoms with Crippen molar-refractivity contribution in [1.82, 2.24) is 5.32 Å². The van der Waals surface area contributed by atoms with Crippen LogP contribution in [0.4, 0.5) is 13.2 Å². The molecule has 0 aromatic rings. The van der Waals surface area contributed by atoms with Crippen LogP contribution in [0.2, 0.25) is 0 Å². The monoisotopic (exact) mass is 212 g/mol. The molecule has 0 saturated heterocycles. The standard InChI is InChI=1S/C9H19F3N2/c1-7(4-9(10,11)12)14-6-8(2,3)5-13/h7,14H,4-6,13H2,1-3H3. The molecule has 86 valence electrons. The lowest BCUT2D eigenvalue weighted by Crippen LogP contribution is -2.41. The molecule has 0 aromatic carbocycles. The van der Waals surface area contributed by atoms with Gasteiger partial charge in [-0.25, -0.2) is 0 Å². The maximum Gasteiger partial charge on any atom is 0.390 e. The van der Waals surface area contributed by atoms with E-state index in [0.717, 1.165) is 0 Å². The molecule has 0 radical (unpaired) electrons. The van der Waals surface area contributed by atoms with Gasteiger partial charge >= 0.3 is 6.18 Å². The van der Waals surface area contributed by atoms with Crippen LogP contribution in [0.5, 0.6) is 0 Å². The van der Waals surface area contributed by atoms with Gasteiger partial charge in [0.15, 0.2) is 0 Å². The molecule has 0 rings (SSSR count). The smallest absolute Gasteiger partial charge is 0.330 e. The molecule has 0 bridgehead atoms. The first-order valence-corrected chi connectivity index (χ1v) is 4.66. The maximum absolute atomic E-state index is 11.9. The number of alkyl halides is 3. The molecular formula is C9H19F3N2. The summed E-state index contributed by atoms with van der Waals surface area (Å²) in [5, 5.41) is 2.83. The summed E-state index contributed by atoms with van der Waals surface area (Å²) in [4.78, 5) is 0. The molecule has 0 spiro atoms. The minimum atomic E-state index is -4.10. The van der Waals surface area contributed by atoms with E-state index in [2.05, 4.69) is 5.32 Å². The Kier molecular flexibility index (Phi) is 4.88. The molecule has 0 amide bonds. The zero-order valence-corrected chi connectivity index (χ0v) is 8.91. The van der Waals surface area contributed by atoms with E-state index < -0.39 is 18.6 Å². The van der Waals surface area contributed by atoms with E-state index in [0.29, 0.717) is 13.1 Å². The van der Waals surface area contributed by atoms with Crippen molar-refractivity contribution < 1.29 is 13.2 Å². The van der Waals surface area contributed by atoms with Gasteiger partial charge in [0.25, 0.3) is 0 Å². The molecule has 0 aliphatic carbocycles. The average molecular weight is 212 g/mol. The van der Waals surface area contributed by atoms with Crippen molar-refractivity contribution in [3.05, 3.63) is 0 Å². The second-order valence-electron chi connectivity index (χ2n) is 4.47. The van der Waals surface area contributed by atoms with Gasteiger partial charge in [0.05, 0.1) is 6.42 Å². The zero-order valence-electron chi connectivity index (χ0n) is 8.91. The largest absolute Gasteiger partial charge is 0.390 e. The molecule has 0 saturated carbocycles. The second-order valence-corrected chi connectivity index (χ2v) is 4.47. The van der Waals surface area contributed by atoms with Gasteiger partial charge < -0.3 is 11.1 Å². The first-order valence-electron chi connectivity index (χ1n) is 4.66. The number of nitrogens with one attached hydrogen (secondary N) is 1. The van der Waals surface area contributed by atoms with Crippen LogP contribution in [-0.4, -0.2) is 25.3 Å². The zero-order chi connectivity index (χ0) is 11.4. The molecular weight excluding hydrogens is 193 g/mol. The fourth-order valence-corrected chi connectivity index (χ4v) is 0.942. The summed E-state index contributed by atoms with van der Waals surface area (Å²) in [6, 6.07) is -0.555. The van der Waals surface area contributed by atoms with E-state index in [1.807, 2.05) is 13.8 Å². The summed E-state index contributed by atoms with van der Waals surface area (Å²) >= 11 is 0. The summed E-state index contributed by atoms with van der Waals surface area (Å²) < 4.78 is 35.8. The lowest BCUT2D eigenvalue weighted by molar-refractivity contribution is -0.139. The van der Waals surface area contributed by atoms with E-state index in [1.54, 1.807) is 0 Å². The maximum atomic E-state index is 11.9. The third-order valence-corrected chi connectivity index (χ3v) is 2.02. The highest BCUT2D eigenvalue weighted by Crippen LogP contribution is 2.21. The van der Waals surface area contributed by atoms with E-state index >= 15 is 0 Å². The van der Waals surface area contributed by atoms with Gasteiger partial charge in [-0.15, -0.1) is 0 Å². The average Bonchev–Trinajstić information content (AvgIpc) is 1.98. The highest BCUT2D eigenvalue weighted by atomic mass is 19.4. The fourth-order valence-electron chi connectivity index (χ4n) is 0.942. The Hall–Kier alpha value is -0.290. The predicted octanol–water partition coefficient (Wildman–Crippen LogP) is 1.90. The molecule has 1 unspecified atom stereocenters. The summed E-state index contributed by atoms with van der Waals surface area (Å²) in [5.41, 5.74) is 5.30. The van der Waals surface area contributed by atoms with Crippen molar-refractivity contribution in [2.24, 2.45) is 11.1 Å². The van der Waals surface area contributed by atoms with Crippen LogP contribution >= 0.6 is 0 Å². The molecule has 0 aliphatic rings. The number of halogens is 3. The van der Waals surface area contributed by atoms with Crippen LogP contribution in [0.15, 0.2) is 0 Å². The van der Waals surface area contributed by atoms with Crippen molar-refractivity contribution in [2.75, 3.05) is 13.1 Å². The van der Waals surface area contributed by atoms with Crippen LogP contribution in [0.3, 0.4) is 0 Å². The Labute approximate surface area is 83.0 Å². The Morgan fingerprint density at radius 1 is 1.29 bits per heavy atom. The Balaban J connectivity index is 3.80. The van der Waals surface area contributed by atoms with Crippen molar-refractivity contribution in [3.8, 4) is 0 Å². The summed E-state index contributed by atoms with van der Waals surface area (Å²) in [7, 11) is 0. The molecule has 0 aliphatic heterocycles.